The lowest BCUT2D eigenvalue weighted by molar-refractivity contribution is 0.0994. The molecule has 0 unspecified atom stereocenters. The molecule has 0 saturated heterocycles. The van der Waals surface area contributed by atoms with E-state index in [0.29, 0.717) is 22.6 Å². The highest BCUT2D eigenvalue weighted by Gasteiger charge is 2.10. The predicted octanol–water partition coefficient (Wildman–Crippen LogP) is 4.35. The van der Waals surface area contributed by atoms with Crippen LogP contribution in [0.2, 0.25) is 0 Å². The lowest BCUT2D eigenvalue weighted by Crippen LogP contribution is -2.15. The van der Waals surface area contributed by atoms with Gasteiger partial charge in [-0.15, -0.1) is 0 Å². The van der Waals surface area contributed by atoms with Crippen LogP contribution in [0.4, 0.5) is 21.9 Å². The third-order valence-corrected chi connectivity index (χ3v) is 3.79. The molecular weight excluding hydrogens is 374 g/mol. The summed E-state index contributed by atoms with van der Waals surface area (Å²) < 4.78 is 9.85. The Kier molecular flexibility index (Phi) is 6.26. The Morgan fingerprint density at radius 1 is 0.828 bits per heavy atom. The Hall–Kier alpha value is -4.07. The van der Waals surface area contributed by atoms with Gasteiger partial charge in [0, 0.05) is 22.6 Å². The molecule has 0 atom stereocenters. The Balaban J connectivity index is 1.60. The van der Waals surface area contributed by atoms with Gasteiger partial charge in [-0.05, 0) is 61.5 Å². The molecule has 3 amide bonds. The molecule has 2 aromatic carbocycles. The van der Waals surface area contributed by atoms with Gasteiger partial charge in [-0.2, -0.15) is 0 Å². The molecule has 0 aliphatic rings. The normalized spacial score (nSPS) is 10.1. The third kappa shape index (κ3) is 5.46. The number of rotatable bonds is 6. The summed E-state index contributed by atoms with van der Waals surface area (Å²) >= 11 is 0. The number of hydrogen-bond acceptors (Lipinski definition) is 5. The van der Waals surface area contributed by atoms with Gasteiger partial charge in [-0.1, -0.05) is 6.07 Å². The highest BCUT2D eigenvalue weighted by Crippen LogP contribution is 2.17. The summed E-state index contributed by atoms with van der Waals surface area (Å²) in [5.41, 5.74) is 1.93. The molecule has 0 radical (unpaired) electrons. The van der Waals surface area contributed by atoms with Crippen molar-refractivity contribution in [3.05, 3.63) is 78.3 Å². The first-order valence-electron chi connectivity index (χ1n) is 8.85. The van der Waals surface area contributed by atoms with Gasteiger partial charge in [0.25, 0.3) is 11.8 Å². The van der Waals surface area contributed by atoms with Gasteiger partial charge in [0.05, 0.1) is 12.9 Å². The SMILES string of the molecule is CCOC(=O)Nc1cccc(C(=O)Nc2ccc(NC(=O)c3ccco3)cc2)c1. The minimum absolute atomic E-state index is 0.207. The number of ether oxygens (including phenoxy) is 1. The summed E-state index contributed by atoms with van der Waals surface area (Å²) in [4.78, 5) is 35.9. The van der Waals surface area contributed by atoms with Crippen LogP contribution in [0.3, 0.4) is 0 Å². The van der Waals surface area contributed by atoms with Crippen LogP contribution in [0, 0.1) is 0 Å². The fraction of sp³-hybridized carbons (Fsp3) is 0.0952. The van der Waals surface area contributed by atoms with E-state index in [1.165, 1.54) is 6.26 Å². The highest BCUT2D eigenvalue weighted by molar-refractivity contribution is 6.05. The summed E-state index contributed by atoms with van der Waals surface area (Å²) in [6, 6.07) is 16.3. The molecule has 1 heterocycles. The van der Waals surface area contributed by atoms with E-state index in [1.54, 1.807) is 67.6 Å². The molecule has 0 aliphatic heterocycles. The van der Waals surface area contributed by atoms with E-state index in [1.807, 2.05) is 0 Å². The number of amides is 3. The fourth-order valence-electron chi connectivity index (χ4n) is 2.46. The zero-order valence-electron chi connectivity index (χ0n) is 15.6. The predicted molar refractivity (Wildman–Crippen MR) is 108 cm³/mol. The van der Waals surface area contributed by atoms with Gasteiger partial charge in [0.1, 0.15) is 0 Å². The molecule has 148 valence electrons. The molecule has 3 rings (SSSR count). The van der Waals surface area contributed by atoms with Crippen molar-refractivity contribution in [3.8, 4) is 0 Å². The van der Waals surface area contributed by atoms with E-state index in [0.717, 1.165) is 0 Å². The van der Waals surface area contributed by atoms with Gasteiger partial charge in [-0.25, -0.2) is 4.79 Å². The number of carbonyl (C=O) groups excluding carboxylic acids is 3. The molecular formula is C21H19N3O5. The maximum atomic E-state index is 12.5. The van der Waals surface area contributed by atoms with Gasteiger partial charge >= 0.3 is 6.09 Å². The smallest absolute Gasteiger partial charge is 0.411 e. The second-order valence-electron chi connectivity index (χ2n) is 5.89. The second-order valence-corrected chi connectivity index (χ2v) is 5.89. The van der Waals surface area contributed by atoms with Crippen LogP contribution in [0.5, 0.6) is 0 Å². The Morgan fingerprint density at radius 3 is 2.14 bits per heavy atom. The van der Waals surface area contributed by atoms with Crippen molar-refractivity contribution < 1.29 is 23.5 Å². The van der Waals surface area contributed by atoms with Crippen LogP contribution in [0.1, 0.15) is 27.8 Å². The summed E-state index contributed by atoms with van der Waals surface area (Å²) in [6.07, 6.45) is 0.836. The topological polar surface area (TPSA) is 110 Å². The van der Waals surface area contributed by atoms with Crippen LogP contribution in [0.25, 0.3) is 0 Å². The van der Waals surface area contributed by atoms with E-state index in [-0.39, 0.29) is 24.2 Å². The van der Waals surface area contributed by atoms with E-state index in [9.17, 15) is 14.4 Å². The van der Waals surface area contributed by atoms with Crippen LogP contribution >= 0.6 is 0 Å². The standard InChI is InChI=1S/C21H19N3O5/c1-2-28-21(27)24-17-6-3-5-14(13-17)19(25)22-15-8-10-16(11-9-15)23-20(26)18-7-4-12-29-18/h3-13H,2H2,1H3,(H,22,25)(H,23,26)(H,24,27). The quantitative estimate of drug-likeness (QED) is 0.577. The maximum Gasteiger partial charge on any atom is 0.411 e. The third-order valence-electron chi connectivity index (χ3n) is 3.79. The molecule has 3 aromatic rings. The number of nitrogens with one attached hydrogen (secondary N) is 3. The van der Waals surface area contributed by atoms with E-state index in [2.05, 4.69) is 16.0 Å². The van der Waals surface area contributed by atoms with Gasteiger partial charge in [0.15, 0.2) is 5.76 Å². The van der Waals surface area contributed by atoms with Crippen molar-refractivity contribution in [1.82, 2.24) is 0 Å². The van der Waals surface area contributed by atoms with Crippen LogP contribution in [-0.2, 0) is 4.74 Å². The monoisotopic (exact) mass is 393 g/mol. The Bertz CT molecular complexity index is 997. The first kappa shape index (κ1) is 19.7. The summed E-state index contributed by atoms with van der Waals surface area (Å²) in [6.45, 7) is 1.96. The van der Waals surface area contributed by atoms with Crippen molar-refractivity contribution in [2.75, 3.05) is 22.6 Å². The fourth-order valence-corrected chi connectivity index (χ4v) is 2.46. The lowest BCUT2D eigenvalue weighted by Gasteiger charge is -2.09. The zero-order valence-corrected chi connectivity index (χ0v) is 15.6. The summed E-state index contributed by atoms with van der Waals surface area (Å²) in [5, 5.41) is 8.00. The number of carbonyl (C=O) groups is 3. The second kappa shape index (κ2) is 9.23. The van der Waals surface area contributed by atoms with E-state index < -0.39 is 6.09 Å². The molecule has 0 aliphatic carbocycles. The van der Waals surface area contributed by atoms with E-state index >= 15 is 0 Å². The average molecular weight is 393 g/mol. The van der Waals surface area contributed by atoms with Crippen molar-refractivity contribution in [2.45, 2.75) is 6.92 Å². The Labute approximate surface area is 166 Å². The van der Waals surface area contributed by atoms with Crippen molar-refractivity contribution in [2.24, 2.45) is 0 Å². The molecule has 0 spiro atoms. The minimum atomic E-state index is -0.586. The Morgan fingerprint density at radius 2 is 1.52 bits per heavy atom. The summed E-state index contributed by atoms with van der Waals surface area (Å²) in [5.74, 6) is -0.499. The lowest BCUT2D eigenvalue weighted by atomic mass is 10.2. The number of hydrogen-bond donors (Lipinski definition) is 3. The highest BCUT2D eigenvalue weighted by atomic mass is 16.5. The molecule has 1 aromatic heterocycles. The average Bonchev–Trinajstić information content (AvgIpc) is 3.25. The number of benzene rings is 2. The molecule has 29 heavy (non-hydrogen) atoms. The number of furan rings is 1. The van der Waals surface area contributed by atoms with Gasteiger partial charge in [0.2, 0.25) is 0 Å². The number of anilines is 3. The van der Waals surface area contributed by atoms with Gasteiger partial charge in [-0.3, -0.25) is 14.9 Å². The minimum Gasteiger partial charge on any atom is -0.459 e. The molecule has 0 fully saturated rings. The first-order valence-corrected chi connectivity index (χ1v) is 8.85. The van der Waals surface area contributed by atoms with Crippen molar-refractivity contribution in [1.29, 1.82) is 0 Å². The largest absolute Gasteiger partial charge is 0.459 e. The van der Waals surface area contributed by atoms with Crippen molar-refractivity contribution >= 4 is 35.0 Å². The molecule has 8 heteroatoms. The van der Waals surface area contributed by atoms with Crippen molar-refractivity contribution in [3.63, 3.8) is 0 Å². The van der Waals surface area contributed by atoms with Crippen LogP contribution in [-0.4, -0.2) is 24.5 Å². The maximum absolute atomic E-state index is 12.5. The van der Waals surface area contributed by atoms with Gasteiger partial charge < -0.3 is 19.8 Å². The van der Waals surface area contributed by atoms with Crippen LogP contribution in [0.15, 0.2) is 71.3 Å². The molecule has 3 N–H and O–H groups in total. The first-order chi connectivity index (χ1) is 14.0. The molecule has 0 saturated carbocycles. The van der Waals surface area contributed by atoms with Crippen LogP contribution < -0.4 is 16.0 Å². The zero-order chi connectivity index (χ0) is 20.6. The van der Waals surface area contributed by atoms with E-state index in [4.69, 9.17) is 9.15 Å². The summed E-state index contributed by atoms with van der Waals surface area (Å²) in [7, 11) is 0. The molecule has 0 bridgehead atoms. The molecule has 8 nitrogen and oxygen atoms in total.